The minimum atomic E-state index is -0.492. The van der Waals surface area contributed by atoms with Gasteiger partial charge >= 0.3 is 0 Å². The largest absolute Gasteiger partial charge is 0.497 e. The molecule has 4 rings (SSSR count). The molecule has 164 valence electrons. The highest BCUT2D eigenvalue weighted by Gasteiger charge is 2.37. The van der Waals surface area contributed by atoms with Crippen molar-refractivity contribution < 1.29 is 19.1 Å². The van der Waals surface area contributed by atoms with Gasteiger partial charge in [0.1, 0.15) is 11.5 Å². The van der Waals surface area contributed by atoms with Crippen LogP contribution in [-0.4, -0.2) is 37.6 Å². The van der Waals surface area contributed by atoms with Crippen LogP contribution in [0.15, 0.2) is 72.9 Å². The number of amides is 2. The molecule has 7 nitrogen and oxygen atoms in total. The van der Waals surface area contributed by atoms with Gasteiger partial charge in [-0.1, -0.05) is 36.4 Å². The standard InChI is InChI=1S/C25H25N3O4/c1-31-19-11-12-22(32-2)21(15-19)28-16-18(14-23(28)29)25(30)27-24(17-8-4-3-5-9-17)20-10-6-7-13-26-20/h3-13,15,18,24H,14,16H2,1-2H3,(H,27,30). The highest BCUT2D eigenvalue weighted by atomic mass is 16.5. The van der Waals surface area contributed by atoms with E-state index in [4.69, 9.17) is 9.47 Å². The Morgan fingerprint density at radius 1 is 1.06 bits per heavy atom. The van der Waals surface area contributed by atoms with E-state index in [1.54, 1.807) is 43.5 Å². The van der Waals surface area contributed by atoms with Gasteiger partial charge in [0.05, 0.1) is 37.6 Å². The first-order valence-corrected chi connectivity index (χ1v) is 10.4. The number of ether oxygens (including phenoxy) is 2. The van der Waals surface area contributed by atoms with Gasteiger partial charge < -0.3 is 19.7 Å². The Morgan fingerprint density at radius 3 is 2.53 bits per heavy atom. The van der Waals surface area contributed by atoms with Crippen molar-refractivity contribution in [2.45, 2.75) is 12.5 Å². The highest BCUT2D eigenvalue weighted by molar-refractivity contribution is 6.01. The Kier molecular flexibility index (Phi) is 6.35. The second-order valence-electron chi connectivity index (χ2n) is 7.55. The number of nitrogens with one attached hydrogen (secondary N) is 1. The zero-order valence-electron chi connectivity index (χ0n) is 18.0. The van der Waals surface area contributed by atoms with Crippen LogP contribution < -0.4 is 19.7 Å². The number of nitrogens with zero attached hydrogens (tertiary/aromatic N) is 2. The summed E-state index contributed by atoms with van der Waals surface area (Å²) in [6.45, 7) is 0.262. The van der Waals surface area contributed by atoms with E-state index in [1.807, 2.05) is 48.5 Å². The summed E-state index contributed by atoms with van der Waals surface area (Å²) in [6.07, 6.45) is 1.82. The summed E-state index contributed by atoms with van der Waals surface area (Å²) in [7, 11) is 3.11. The number of hydrogen-bond donors (Lipinski definition) is 1. The Labute approximate surface area is 187 Å². The van der Waals surface area contributed by atoms with Crippen molar-refractivity contribution in [1.82, 2.24) is 10.3 Å². The molecule has 2 amide bonds. The minimum Gasteiger partial charge on any atom is -0.497 e. The molecule has 1 N–H and O–H groups in total. The molecule has 0 aliphatic carbocycles. The summed E-state index contributed by atoms with van der Waals surface area (Å²) >= 11 is 0. The van der Waals surface area contributed by atoms with Crippen molar-refractivity contribution in [1.29, 1.82) is 0 Å². The van der Waals surface area contributed by atoms with E-state index in [1.165, 1.54) is 0 Å². The van der Waals surface area contributed by atoms with Crippen molar-refractivity contribution >= 4 is 17.5 Å². The number of carbonyl (C=O) groups excluding carboxylic acids is 2. The van der Waals surface area contributed by atoms with Crippen molar-refractivity contribution in [2.24, 2.45) is 5.92 Å². The summed E-state index contributed by atoms with van der Waals surface area (Å²) in [6, 6.07) is 20.1. The molecule has 1 aromatic heterocycles. The predicted octanol–water partition coefficient (Wildman–Crippen LogP) is 3.36. The van der Waals surface area contributed by atoms with Crippen molar-refractivity contribution in [3.8, 4) is 11.5 Å². The van der Waals surface area contributed by atoms with Crippen LogP contribution in [0.1, 0.15) is 23.7 Å². The molecule has 0 saturated carbocycles. The summed E-state index contributed by atoms with van der Waals surface area (Å²) in [5, 5.41) is 3.10. The molecular weight excluding hydrogens is 406 g/mol. The molecule has 1 saturated heterocycles. The Balaban J connectivity index is 1.56. The van der Waals surface area contributed by atoms with Crippen LogP contribution in [0.5, 0.6) is 11.5 Å². The van der Waals surface area contributed by atoms with E-state index < -0.39 is 12.0 Å². The Bertz CT molecular complexity index is 1050. The summed E-state index contributed by atoms with van der Waals surface area (Å²) in [5.41, 5.74) is 2.26. The molecule has 1 aliphatic heterocycles. The van der Waals surface area contributed by atoms with E-state index in [2.05, 4.69) is 10.3 Å². The second kappa shape index (κ2) is 9.51. The minimum absolute atomic E-state index is 0.121. The maximum absolute atomic E-state index is 13.2. The number of rotatable bonds is 7. The van der Waals surface area contributed by atoms with Gasteiger partial charge in [0.25, 0.3) is 0 Å². The lowest BCUT2D eigenvalue weighted by Gasteiger charge is -2.22. The van der Waals surface area contributed by atoms with E-state index >= 15 is 0 Å². The SMILES string of the molecule is COc1ccc(OC)c(N2CC(C(=O)NC(c3ccccc3)c3ccccn3)CC2=O)c1. The Hall–Kier alpha value is -3.87. The predicted molar refractivity (Wildman–Crippen MR) is 121 cm³/mol. The molecule has 2 atom stereocenters. The molecule has 7 heteroatoms. The van der Waals surface area contributed by atoms with Crippen LogP contribution >= 0.6 is 0 Å². The van der Waals surface area contributed by atoms with Crippen LogP contribution in [-0.2, 0) is 9.59 Å². The first-order valence-electron chi connectivity index (χ1n) is 10.4. The van der Waals surface area contributed by atoms with E-state index in [9.17, 15) is 9.59 Å². The first kappa shape index (κ1) is 21.4. The quantitative estimate of drug-likeness (QED) is 0.621. The normalized spacial score (nSPS) is 16.5. The van der Waals surface area contributed by atoms with Gasteiger partial charge in [0, 0.05) is 25.2 Å². The van der Waals surface area contributed by atoms with Gasteiger partial charge in [-0.2, -0.15) is 0 Å². The third-order valence-corrected chi connectivity index (χ3v) is 5.58. The fourth-order valence-corrected chi connectivity index (χ4v) is 3.90. The second-order valence-corrected chi connectivity index (χ2v) is 7.55. The third-order valence-electron chi connectivity index (χ3n) is 5.58. The summed E-state index contributed by atoms with van der Waals surface area (Å²) < 4.78 is 10.7. The summed E-state index contributed by atoms with van der Waals surface area (Å²) in [5.74, 6) is 0.345. The third kappa shape index (κ3) is 4.42. The molecule has 1 fully saturated rings. The van der Waals surface area contributed by atoms with Gasteiger partial charge in [0.15, 0.2) is 0 Å². The smallest absolute Gasteiger partial charge is 0.227 e. The summed E-state index contributed by atoms with van der Waals surface area (Å²) in [4.78, 5) is 32.1. The van der Waals surface area contributed by atoms with Crippen molar-refractivity contribution in [3.63, 3.8) is 0 Å². The zero-order chi connectivity index (χ0) is 22.5. The first-order chi connectivity index (χ1) is 15.6. The zero-order valence-corrected chi connectivity index (χ0v) is 18.0. The van der Waals surface area contributed by atoms with Gasteiger partial charge in [-0.25, -0.2) is 0 Å². The van der Waals surface area contributed by atoms with Gasteiger partial charge in [-0.15, -0.1) is 0 Å². The molecule has 3 aromatic rings. The highest BCUT2D eigenvalue weighted by Crippen LogP contribution is 2.36. The number of methoxy groups -OCH3 is 2. The Morgan fingerprint density at radius 2 is 1.84 bits per heavy atom. The molecular formula is C25H25N3O4. The van der Waals surface area contributed by atoms with E-state index in [0.717, 1.165) is 11.3 Å². The number of hydrogen-bond acceptors (Lipinski definition) is 5. The van der Waals surface area contributed by atoms with Gasteiger partial charge in [0.2, 0.25) is 11.8 Å². The lowest BCUT2D eigenvalue weighted by Crippen LogP contribution is -2.36. The molecule has 0 spiro atoms. The molecule has 0 radical (unpaired) electrons. The van der Waals surface area contributed by atoms with E-state index in [-0.39, 0.29) is 24.8 Å². The fourth-order valence-electron chi connectivity index (χ4n) is 3.90. The lowest BCUT2D eigenvalue weighted by molar-refractivity contribution is -0.126. The van der Waals surface area contributed by atoms with Gasteiger partial charge in [-0.05, 0) is 29.8 Å². The molecule has 0 bridgehead atoms. The number of aromatic nitrogens is 1. The number of pyridine rings is 1. The average molecular weight is 431 g/mol. The molecule has 2 unspecified atom stereocenters. The molecule has 2 aromatic carbocycles. The van der Waals surface area contributed by atoms with E-state index in [0.29, 0.717) is 17.2 Å². The maximum Gasteiger partial charge on any atom is 0.227 e. The van der Waals surface area contributed by atoms with Crippen LogP contribution in [0, 0.1) is 5.92 Å². The molecule has 2 heterocycles. The fraction of sp³-hybridized carbons (Fsp3) is 0.240. The maximum atomic E-state index is 13.2. The molecule has 1 aliphatic rings. The topological polar surface area (TPSA) is 80.8 Å². The number of anilines is 1. The average Bonchev–Trinajstić information content (AvgIpc) is 3.24. The number of carbonyl (C=O) groups is 2. The van der Waals surface area contributed by atoms with Gasteiger partial charge in [-0.3, -0.25) is 14.6 Å². The lowest BCUT2D eigenvalue weighted by atomic mass is 10.0. The van der Waals surface area contributed by atoms with Crippen LogP contribution in [0.3, 0.4) is 0 Å². The number of benzene rings is 2. The monoisotopic (exact) mass is 431 g/mol. The van der Waals surface area contributed by atoms with Crippen LogP contribution in [0.25, 0.3) is 0 Å². The van der Waals surface area contributed by atoms with Crippen molar-refractivity contribution in [3.05, 3.63) is 84.2 Å². The molecule has 32 heavy (non-hydrogen) atoms. The van der Waals surface area contributed by atoms with Crippen LogP contribution in [0.4, 0.5) is 5.69 Å². The van der Waals surface area contributed by atoms with Crippen molar-refractivity contribution in [2.75, 3.05) is 25.7 Å². The van der Waals surface area contributed by atoms with Crippen LogP contribution in [0.2, 0.25) is 0 Å².